The summed E-state index contributed by atoms with van der Waals surface area (Å²) in [4.78, 5) is 16.7. The lowest BCUT2D eigenvalue weighted by Gasteiger charge is -2.16. The zero-order valence-corrected chi connectivity index (χ0v) is 19.1. The lowest BCUT2D eigenvalue weighted by Crippen LogP contribution is -2.24. The average molecular weight is 489 g/mol. The van der Waals surface area contributed by atoms with Crippen LogP contribution in [-0.4, -0.2) is 47.5 Å². The molecular formula is C19H19ClF2N4O3S2. The Morgan fingerprint density at radius 2 is 1.90 bits per heavy atom. The van der Waals surface area contributed by atoms with Crippen LogP contribution in [-0.2, 0) is 14.8 Å². The lowest BCUT2D eigenvalue weighted by atomic mass is 10.3. The van der Waals surface area contributed by atoms with E-state index < -0.39 is 27.7 Å². The van der Waals surface area contributed by atoms with Crippen molar-refractivity contribution >= 4 is 56.0 Å². The maximum absolute atomic E-state index is 13.6. The molecule has 1 N–H and O–H groups in total. The average Bonchev–Trinajstić information content (AvgIpc) is 3.07. The van der Waals surface area contributed by atoms with Gasteiger partial charge in [-0.15, -0.1) is 0 Å². The van der Waals surface area contributed by atoms with Gasteiger partial charge in [0.25, 0.3) is 0 Å². The number of nitrogens with one attached hydrogen (secondary N) is 1. The molecule has 3 aromatic rings. The molecule has 0 spiro atoms. The molecule has 0 radical (unpaired) electrons. The van der Waals surface area contributed by atoms with Gasteiger partial charge >= 0.3 is 6.55 Å². The largest absolute Gasteiger partial charge is 0.325 e. The number of amides is 1. The van der Waals surface area contributed by atoms with Crippen LogP contribution < -0.4 is 5.32 Å². The molecule has 2 aromatic carbocycles. The summed E-state index contributed by atoms with van der Waals surface area (Å²) in [5, 5.41) is 1.82. The third kappa shape index (κ3) is 4.84. The van der Waals surface area contributed by atoms with E-state index in [1.54, 1.807) is 25.1 Å². The number of nitrogens with zero attached hydrogens (tertiary/aromatic N) is 3. The Labute approximate surface area is 187 Å². The maximum Gasteiger partial charge on any atom is 0.321 e. The molecule has 1 heterocycles. The van der Waals surface area contributed by atoms with E-state index in [-0.39, 0.29) is 26.3 Å². The number of thioether (sulfide) groups is 1. The predicted molar refractivity (Wildman–Crippen MR) is 117 cm³/mol. The molecule has 1 aromatic heterocycles. The van der Waals surface area contributed by atoms with E-state index in [0.717, 1.165) is 20.6 Å². The molecule has 0 saturated carbocycles. The van der Waals surface area contributed by atoms with E-state index in [0.29, 0.717) is 5.52 Å². The number of halogens is 3. The second kappa shape index (κ2) is 9.11. The zero-order valence-electron chi connectivity index (χ0n) is 16.7. The first kappa shape index (κ1) is 23.5. The van der Waals surface area contributed by atoms with Crippen molar-refractivity contribution in [2.24, 2.45) is 0 Å². The third-order valence-electron chi connectivity index (χ3n) is 4.37. The first-order chi connectivity index (χ1) is 14.5. The Morgan fingerprint density at radius 3 is 2.55 bits per heavy atom. The number of para-hydroxylation sites is 2. The molecule has 0 aliphatic heterocycles. The minimum absolute atomic E-state index is 0.00540. The van der Waals surface area contributed by atoms with E-state index in [1.165, 1.54) is 38.4 Å². The van der Waals surface area contributed by atoms with E-state index >= 15 is 0 Å². The van der Waals surface area contributed by atoms with Crippen LogP contribution >= 0.6 is 23.4 Å². The van der Waals surface area contributed by atoms with Gasteiger partial charge in [-0.05, 0) is 37.3 Å². The lowest BCUT2D eigenvalue weighted by molar-refractivity contribution is -0.115. The number of carbonyl (C=O) groups excluding carboxylic acids is 1. The first-order valence-corrected chi connectivity index (χ1v) is 11.7. The highest BCUT2D eigenvalue weighted by Gasteiger charge is 2.25. The van der Waals surface area contributed by atoms with Gasteiger partial charge < -0.3 is 5.32 Å². The van der Waals surface area contributed by atoms with E-state index in [4.69, 9.17) is 11.6 Å². The van der Waals surface area contributed by atoms with Crippen LogP contribution in [0.1, 0.15) is 13.5 Å². The number of hydrogen-bond acceptors (Lipinski definition) is 5. The summed E-state index contributed by atoms with van der Waals surface area (Å²) in [5.74, 6) is -0.506. The number of fused-ring (bicyclic) bond motifs is 1. The maximum atomic E-state index is 13.6. The van der Waals surface area contributed by atoms with Gasteiger partial charge in [0, 0.05) is 19.8 Å². The minimum Gasteiger partial charge on any atom is -0.325 e. The van der Waals surface area contributed by atoms with Crippen molar-refractivity contribution in [2.75, 3.05) is 19.4 Å². The predicted octanol–water partition coefficient (Wildman–Crippen LogP) is 4.45. The van der Waals surface area contributed by atoms with Crippen LogP contribution in [0.2, 0.25) is 5.02 Å². The second-order valence-corrected chi connectivity index (χ2v) is 10.5. The van der Waals surface area contributed by atoms with E-state index in [9.17, 15) is 22.0 Å². The van der Waals surface area contributed by atoms with Crippen molar-refractivity contribution in [1.29, 1.82) is 0 Å². The number of anilines is 1. The van der Waals surface area contributed by atoms with Crippen molar-refractivity contribution in [3.8, 4) is 0 Å². The molecule has 0 bridgehead atoms. The summed E-state index contributed by atoms with van der Waals surface area (Å²) in [6.07, 6.45) is 0. The Kier molecular flexibility index (Phi) is 6.89. The number of benzene rings is 2. The second-order valence-electron chi connectivity index (χ2n) is 6.71. The number of sulfonamides is 1. The SMILES string of the molecule is CC(Sc1nc2ccccc2n1C(F)F)C(=O)Nc1ccc(Cl)c(S(=O)(=O)N(C)C)c1. The van der Waals surface area contributed by atoms with Crippen molar-refractivity contribution in [2.45, 2.75) is 28.8 Å². The fraction of sp³-hybridized carbons (Fsp3) is 0.263. The van der Waals surface area contributed by atoms with Gasteiger partial charge in [0.05, 0.1) is 21.3 Å². The van der Waals surface area contributed by atoms with Crippen molar-refractivity contribution in [3.05, 3.63) is 47.5 Å². The standard InChI is InChI=1S/C19H19ClF2N4O3S2/c1-11(30-19-24-14-6-4-5-7-15(14)26(19)18(21)22)17(27)23-12-8-9-13(20)16(10-12)31(28,29)25(2)3/h4-11,18H,1-3H3,(H,23,27). The monoisotopic (exact) mass is 488 g/mol. The summed E-state index contributed by atoms with van der Waals surface area (Å²) in [7, 11) is -1.08. The topological polar surface area (TPSA) is 84.3 Å². The number of rotatable bonds is 7. The van der Waals surface area contributed by atoms with Crippen molar-refractivity contribution < 1.29 is 22.0 Å². The van der Waals surface area contributed by atoms with Gasteiger partial charge in [0.2, 0.25) is 15.9 Å². The molecule has 0 fully saturated rings. The molecule has 0 saturated heterocycles. The van der Waals surface area contributed by atoms with Crippen molar-refractivity contribution in [3.63, 3.8) is 0 Å². The molecule has 1 unspecified atom stereocenters. The van der Waals surface area contributed by atoms with Gasteiger partial charge in [0.15, 0.2) is 5.16 Å². The molecule has 0 aliphatic carbocycles. The molecule has 7 nitrogen and oxygen atoms in total. The first-order valence-electron chi connectivity index (χ1n) is 8.97. The Morgan fingerprint density at radius 1 is 1.23 bits per heavy atom. The molecule has 31 heavy (non-hydrogen) atoms. The highest BCUT2D eigenvalue weighted by atomic mass is 35.5. The van der Waals surface area contributed by atoms with Crippen LogP contribution in [0, 0.1) is 0 Å². The smallest absolute Gasteiger partial charge is 0.321 e. The van der Waals surface area contributed by atoms with Crippen LogP contribution in [0.25, 0.3) is 11.0 Å². The Bertz CT molecular complexity index is 1230. The van der Waals surface area contributed by atoms with Gasteiger partial charge in [0.1, 0.15) is 4.90 Å². The molecule has 3 rings (SSSR count). The van der Waals surface area contributed by atoms with Crippen LogP contribution in [0.3, 0.4) is 0 Å². The number of alkyl halides is 2. The molecular weight excluding hydrogens is 470 g/mol. The quantitative estimate of drug-likeness (QED) is 0.496. The number of aromatic nitrogens is 2. The van der Waals surface area contributed by atoms with Crippen molar-refractivity contribution in [1.82, 2.24) is 13.9 Å². The van der Waals surface area contributed by atoms with Gasteiger partial charge in [-0.2, -0.15) is 8.78 Å². The zero-order chi connectivity index (χ0) is 22.9. The fourth-order valence-electron chi connectivity index (χ4n) is 2.73. The molecule has 0 aliphatic rings. The number of hydrogen-bond donors (Lipinski definition) is 1. The Balaban J connectivity index is 1.83. The number of imidazole rings is 1. The van der Waals surface area contributed by atoms with Crippen LogP contribution in [0.4, 0.5) is 14.5 Å². The molecule has 1 amide bonds. The summed E-state index contributed by atoms with van der Waals surface area (Å²) in [6.45, 7) is -1.28. The molecule has 12 heteroatoms. The normalized spacial score (nSPS) is 13.2. The van der Waals surface area contributed by atoms with Gasteiger partial charge in [-0.3, -0.25) is 9.36 Å². The highest BCUT2D eigenvalue weighted by molar-refractivity contribution is 8.00. The van der Waals surface area contributed by atoms with E-state index in [2.05, 4.69) is 10.3 Å². The summed E-state index contributed by atoms with van der Waals surface area (Å²) in [5.41, 5.74) is 0.877. The van der Waals surface area contributed by atoms with Crippen LogP contribution in [0.15, 0.2) is 52.5 Å². The third-order valence-corrected chi connectivity index (χ3v) is 7.73. The van der Waals surface area contributed by atoms with Gasteiger partial charge in [-0.25, -0.2) is 17.7 Å². The molecule has 1 atom stereocenters. The summed E-state index contributed by atoms with van der Waals surface area (Å²) >= 11 is 6.89. The summed E-state index contributed by atoms with van der Waals surface area (Å²) in [6, 6.07) is 10.5. The van der Waals surface area contributed by atoms with E-state index in [1.807, 2.05) is 0 Å². The summed E-state index contributed by atoms with van der Waals surface area (Å²) < 4.78 is 53.7. The Hall–Kier alpha value is -2.21. The fourth-order valence-corrected chi connectivity index (χ4v) is 5.04. The highest BCUT2D eigenvalue weighted by Crippen LogP contribution is 2.32. The van der Waals surface area contributed by atoms with Gasteiger partial charge in [-0.1, -0.05) is 35.5 Å². The number of carbonyl (C=O) groups is 1. The molecule has 166 valence electrons. The van der Waals surface area contributed by atoms with Crippen LogP contribution in [0.5, 0.6) is 0 Å². The minimum atomic E-state index is -3.82.